The van der Waals surface area contributed by atoms with Crippen LogP contribution in [0.15, 0.2) is 48.5 Å². The zero-order valence-electron chi connectivity index (χ0n) is 24.9. The summed E-state index contributed by atoms with van der Waals surface area (Å²) >= 11 is 6.00. The number of fused-ring (bicyclic) bond motifs is 1. The van der Waals surface area contributed by atoms with E-state index in [0.717, 1.165) is 11.1 Å². The Morgan fingerprint density at radius 2 is 1.86 bits per heavy atom. The molecule has 1 unspecified atom stereocenters. The molecule has 0 saturated carbocycles. The van der Waals surface area contributed by atoms with E-state index in [0.29, 0.717) is 42.3 Å². The van der Waals surface area contributed by atoms with Crippen molar-refractivity contribution in [3.8, 4) is 5.75 Å². The van der Waals surface area contributed by atoms with Crippen molar-refractivity contribution in [2.75, 3.05) is 25.6 Å². The zero-order chi connectivity index (χ0) is 30.8. The number of ether oxygens (including phenoxy) is 2. The highest BCUT2D eigenvalue weighted by Gasteiger charge is 2.44. The van der Waals surface area contributed by atoms with Crippen LogP contribution in [0.4, 0.5) is 5.69 Å². The number of carbonyl (C=O) groups excluding carboxylic acids is 4. The number of carbonyl (C=O) groups is 4. The summed E-state index contributed by atoms with van der Waals surface area (Å²) in [5, 5.41) is 3.45. The van der Waals surface area contributed by atoms with Crippen LogP contribution in [0.5, 0.6) is 5.75 Å². The number of nitrogens with zero attached hydrogens (tertiary/aromatic N) is 2. The molecule has 0 bridgehead atoms. The molecular weight excluding hydrogens is 558 g/mol. The summed E-state index contributed by atoms with van der Waals surface area (Å²) in [4.78, 5) is 55.6. The molecule has 2 aliphatic rings. The van der Waals surface area contributed by atoms with Gasteiger partial charge in [-0.3, -0.25) is 14.4 Å². The molecule has 2 heterocycles. The summed E-state index contributed by atoms with van der Waals surface area (Å²) in [7, 11) is 3.01. The normalized spacial score (nSPS) is 20.5. The standard InChI is InChI=1S/C32H38ClN3O6/c1-31(2,3)27(29(39)36-17-7-8-24(36)28(38)35(5)23-13-11-22(33)12-14-23)34-26(37)16-10-20-9-15-25-21(18-20)19-32(4,42-25)30(40)41-6/h9-16,18,24,27H,7-8,17,19H2,1-6H3,(H,34,37)/b16-10+/t24-,27+,32?/m0/s1. The molecule has 0 spiro atoms. The maximum Gasteiger partial charge on any atom is 0.350 e. The van der Waals surface area contributed by atoms with Crippen molar-refractivity contribution in [3.63, 3.8) is 0 Å². The third kappa shape index (κ3) is 6.62. The molecule has 42 heavy (non-hydrogen) atoms. The third-order valence-electron chi connectivity index (χ3n) is 7.76. The molecule has 0 aliphatic carbocycles. The maximum absolute atomic E-state index is 13.8. The van der Waals surface area contributed by atoms with Gasteiger partial charge in [-0.05, 0) is 78.8 Å². The van der Waals surface area contributed by atoms with E-state index >= 15 is 0 Å². The van der Waals surface area contributed by atoms with Gasteiger partial charge >= 0.3 is 5.97 Å². The molecule has 0 radical (unpaired) electrons. The predicted molar refractivity (Wildman–Crippen MR) is 161 cm³/mol. The molecule has 0 aromatic heterocycles. The average Bonchev–Trinajstić information content (AvgIpc) is 3.57. The van der Waals surface area contributed by atoms with Crippen LogP contribution < -0.4 is 15.0 Å². The number of likely N-dealkylation sites (N-methyl/N-ethyl adjacent to an activating group) is 1. The molecule has 2 aromatic carbocycles. The van der Waals surface area contributed by atoms with Crippen LogP contribution in [-0.4, -0.2) is 67.0 Å². The number of benzene rings is 2. The fourth-order valence-electron chi connectivity index (χ4n) is 5.39. The van der Waals surface area contributed by atoms with Gasteiger partial charge in [-0.2, -0.15) is 0 Å². The van der Waals surface area contributed by atoms with Gasteiger partial charge in [0.1, 0.15) is 17.8 Å². The Kier molecular flexibility index (Phi) is 9.01. The minimum atomic E-state index is -1.09. The molecule has 224 valence electrons. The van der Waals surface area contributed by atoms with Gasteiger partial charge in [0.05, 0.1) is 7.11 Å². The van der Waals surface area contributed by atoms with E-state index in [1.807, 2.05) is 26.8 Å². The SMILES string of the molecule is COC(=O)C1(C)Cc2cc(/C=C/C(=O)N[C@H](C(=O)N3CCC[C@H]3C(=O)N(C)c3ccc(Cl)cc3)C(C)(C)C)ccc2O1. The molecule has 9 nitrogen and oxygen atoms in total. The first kappa shape index (κ1) is 31.1. The first-order valence-corrected chi connectivity index (χ1v) is 14.3. The number of rotatable bonds is 7. The lowest BCUT2D eigenvalue weighted by Crippen LogP contribution is -2.57. The number of methoxy groups -OCH3 is 1. The molecule has 1 saturated heterocycles. The topological polar surface area (TPSA) is 105 Å². The summed E-state index contributed by atoms with van der Waals surface area (Å²) in [5.41, 5.74) is 0.567. The van der Waals surface area contributed by atoms with Crippen LogP contribution in [0.25, 0.3) is 6.08 Å². The number of amides is 3. The summed E-state index contributed by atoms with van der Waals surface area (Å²) in [6, 6.07) is 10.9. The third-order valence-corrected chi connectivity index (χ3v) is 8.01. The Labute approximate surface area is 251 Å². The number of esters is 1. The van der Waals surface area contributed by atoms with Crippen molar-refractivity contribution >= 4 is 47.1 Å². The lowest BCUT2D eigenvalue weighted by Gasteiger charge is -2.36. The molecule has 2 aliphatic heterocycles. The second kappa shape index (κ2) is 12.2. The highest BCUT2D eigenvalue weighted by Crippen LogP contribution is 2.36. The Hall–Kier alpha value is -3.85. The summed E-state index contributed by atoms with van der Waals surface area (Å²) in [5.74, 6) is -0.766. The lowest BCUT2D eigenvalue weighted by molar-refractivity contribution is -0.156. The van der Waals surface area contributed by atoms with Crippen molar-refractivity contribution in [1.82, 2.24) is 10.2 Å². The van der Waals surface area contributed by atoms with Crippen LogP contribution in [0.1, 0.15) is 51.7 Å². The van der Waals surface area contributed by atoms with Gasteiger partial charge in [0.2, 0.25) is 23.3 Å². The van der Waals surface area contributed by atoms with Crippen LogP contribution in [0.2, 0.25) is 5.02 Å². The molecule has 3 amide bonds. The van der Waals surface area contributed by atoms with Gasteiger partial charge in [0.25, 0.3) is 0 Å². The minimum absolute atomic E-state index is 0.189. The van der Waals surface area contributed by atoms with Crippen molar-refractivity contribution in [2.45, 2.75) is 64.6 Å². The highest BCUT2D eigenvalue weighted by molar-refractivity contribution is 6.30. The molecule has 10 heteroatoms. The van der Waals surface area contributed by atoms with Gasteiger partial charge < -0.3 is 24.6 Å². The Morgan fingerprint density at radius 3 is 2.50 bits per heavy atom. The number of hydrogen-bond acceptors (Lipinski definition) is 6. The summed E-state index contributed by atoms with van der Waals surface area (Å²) in [6.45, 7) is 7.75. The molecule has 1 fully saturated rings. The molecule has 4 rings (SSSR count). The average molecular weight is 596 g/mol. The predicted octanol–water partition coefficient (Wildman–Crippen LogP) is 4.40. The zero-order valence-corrected chi connectivity index (χ0v) is 25.7. The van der Waals surface area contributed by atoms with Gasteiger partial charge in [0, 0.05) is 36.8 Å². The molecule has 2 aromatic rings. The van der Waals surface area contributed by atoms with E-state index in [4.69, 9.17) is 21.1 Å². The first-order valence-electron chi connectivity index (χ1n) is 14.0. The minimum Gasteiger partial charge on any atom is -0.475 e. The number of nitrogens with one attached hydrogen (secondary N) is 1. The first-order chi connectivity index (χ1) is 19.7. The van der Waals surface area contributed by atoms with Crippen molar-refractivity contribution in [1.29, 1.82) is 0 Å². The fourth-order valence-corrected chi connectivity index (χ4v) is 5.52. The van der Waals surface area contributed by atoms with Crippen LogP contribution in [-0.2, 0) is 30.3 Å². The van der Waals surface area contributed by atoms with Gasteiger partial charge in [-0.1, -0.05) is 38.4 Å². The molecular formula is C32H38ClN3O6. The lowest BCUT2D eigenvalue weighted by atomic mass is 9.85. The van der Waals surface area contributed by atoms with Crippen LogP contribution in [0, 0.1) is 5.41 Å². The smallest absolute Gasteiger partial charge is 0.350 e. The van der Waals surface area contributed by atoms with E-state index in [1.165, 1.54) is 18.1 Å². The Balaban J connectivity index is 1.45. The van der Waals surface area contributed by atoms with Crippen LogP contribution >= 0.6 is 11.6 Å². The Morgan fingerprint density at radius 1 is 1.17 bits per heavy atom. The number of anilines is 1. The van der Waals surface area contributed by atoms with E-state index in [2.05, 4.69) is 5.32 Å². The largest absolute Gasteiger partial charge is 0.475 e. The van der Waals surface area contributed by atoms with E-state index < -0.39 is 35.0 Å². The summed E-state index contributed by atoms with van der Waals surface area (Å²) < 4.78 is 10.7. The second-order valence-electron chi connectivity index (χ2n) is 12.1. The second-order valence-corrected chi connectivity index (χ2v) is 12.5. The van der Waals surface area contributed by atoms with Crippen molar-refractivity contribution in [2.24, 2.45) is 5.41 Å². The molecule has 3 atom stereocenters. The quantitative estimate of drug-likeness (QED) is 0.376. The van der Waals surface area contributed by atoms with Gasteiger partial charge in [0.15, 0.2) is 0 Å². The fraction of sp³-hybridized carbons (Fsp3) is 0.438. The van der Waals surface area contributed by atoms with Crippen molar-refractivity contribution in [3.05, 3.63) is 64.7 Å². The maximum atomic E-state index is 13.8. The van der Waals surface area contributed by atoms with E-state index in [9.17, 15) is 19.2 Å². The van der Waals surface area contributed by atoms with E-state index in [-0.39, 0.29) is 11.8 Å². The number of hydrogen-bond donors (Lipinski definition) is 1. The monoisotopic (exact) mass is 595 g/mol. The number of likely N-dealkylation sites (tertiary alicyclic amines) is 1. The van der Waals surface area contributed by atoms with Crippen LogP contribution in [0.3, 0.4) is 0 Å². The molecule has 1 N–H and O–H groups in total. The Bertz CT molecular complexity index is 1400. The number of halogens is 1. The van der Waals surface area contributed by atoms with Crippen molar-refractivity contribution < 1.29 is 28.7 Å². The highest BCUT2D eigenvalue weighted by atomic mass is 35.5. The van der Waals surface area contributed by atoms with E-state index in [1.54, 1.807) is 61.3 Å². The summed E-state index contributed by atoms with van der Waals surface area (Å²) in [6.07, 6.45) is 4.62. The van der Waals surface area contributed by atoms with Gasteiger partial charge in [-0.15, -0.1) is 0 Å². The van der Waals surface area contributed by atoms with Gasteiger partial charge in [-0.25, -0.2) is 4.79 Å².